The molecule has 0 saturated heterocycles. The summed E-state index contributed by atoms with van der Waals surface area (Å²) in [6.45, 7) is 6.19. The Bertz CT molecular complexity index is 91.6. The monoisotopic (exact) mass is 157 g/mol. The maximum atomic E-state index is 5.44. The molecule has 0 bridgehead atoms. The Balaban J connectivity index is 1.66. The van der Waals surface area contributed by atoms with Crippen LogP contribution in [0.25, 0.3) is 0 Å². The van der Waals surface area contributed by atoms with Crippen molar-refractivity contribution in [3.63, 3.8) is 0 Å². The van der Waals surface area contributed by atoms with Crippen molar-refractivity contribution in [1.29, 1.82) is 0 Å². The van der Waals surface area contributed by atoms with Crippen molar-refractivity contribution in [2.24, 2.45) is 5.92 Å². The summed E-state index contributed by atoms with van der Waals surface area (Å²) in [6.07, 6.45) is 3.99. The van der Waals surface area contributed by atoms with E-state index in [2.05, 4.69) is 12.2 Å². The molecule has 0 heterocycles. The van der Waals surface area contributed by atoms with Crippen LogP contribution in [0.15, 0.2) is 0 Å². The van der Waals surface area contributed by atoms with Gasteiger partial charge in [0.1, 0.15) is 0 Å². The Labute approximate surface area is 69.3 Å². The zero-order chi connectivity index (χ0) is 7.94. The predicted molar refractivity (Wildman–Crippen MR) is 46.7 cm³/mol. The topological polar surface area (TPSA) is 21.3 Å². The molecule has 66 valence electrons. The summed E-state index contributed by atoms with van der Waals surface area (Å²) in [5.74, 6) is 0.904. The lowest BCUT2D eigenvalue weighted by atomic mass is 10.4. The van der Waals surface area contributed by atoms with Crippen molar-refractivity contribution >= 4 is 0 Å². The number of hydrogen-bond acceptors (Lipinski definition) is 2. The zero-order valence-corrected chi connectivity index (χ0v) is 7.44. The van der Waals surface area contributed by atoms with Gasteiger partial charge >= 0.3 is 0 Å². The van der Waals surface area contributed by atoms with Gasteiger partial charge in [0, 0.05) is 13.2 Å². The minimum Gasteiger partial charge on any atom is -0.380 e. The third kappa shape index (κ3) is 5.22. The summed E-state index contributed by atoms with van der Waals surface area (Å²) < 4.78 is 5.44. The first-order chi connectivity index (χ1) is 5.43. The lowest BCUT2D eigenvalue weighted by Crippen LogP contribution is -2.20. The fraction of sp³-hybridized carbons (Fsp3) is 1.00. The number of ether oxygens (including phenoxy) is 1. The van der Waals surface area contributed by atoms with Crippen molar-refractivity contribution in [2.75, 3.05) is 26.3 Å². The SMILES string of the molecule is CCCNCCOCC1CC1. The average molecular weight is 157 g/mol. The van der Waals surface area contributed by atoms with Gasteiger partial charge in [-0.1, -0.05) is 6.92 Å². The number of nitrogens with one attached hydrogen (secondary N) is 1. The molecule has 0 radical (unpaired) electrons. The van der Waals surface area contributed by atoms with E-state index in [1.165, 1.54) is 19.3 Å². The molecule has 2 nitrogen and oxygen atoms in total. The summed E-state index contributed by atoms with van der Waals surface area (Å²) in [7, 11) is 0. The van der Waals surface area contributed by atoms with E-state index >= 15 is 0 Å². The lowest BCUT2D eigenvalue weighted by molar-refractivity contribution is 0.126. The molecule has 1 saturated carbocycles. The van der Waals surface area contributed by atoms with Crippen LogP contribution in [0.5, 0.6) is 0 Å². The van der Waals surface area contributed by atoms with Gasteiger partial charge in [-0.05, 0) is 31.7 Å². The van der Waals surface area contributed by atoms with Gasteiger partial charge in [-0.15, -0.1) is 0 Å². The molecule has 2 heteroatoms. The quantitative estimate of drug-likeness (QED) is 0.564. The van der Waals surface area contributed by atoms with Gasteiger partial charge in [0.25, 0.3) is 0 Å². The van der Waals surface area contributed by atoms with Crippen LogP contribution >= 0.6 is 0 Å². The minimum atomic E-state index is 0.885. The number of rotatable bonds is 7. The van der Waals surface area contributed by atoms with Gasteiger partial charge in [0.05, 0.1) is 6.61 Å². The van der Waals surface area contributed by atoms with Gasteiger partial charge in [-0.2, -0.15) is 0 Å². The maximum Gasteiger partial charge on any atom is 0.0591 e. The molecule has 0 aliphatic heterocycles. The fourth-order valence-electron chi connectivity index (χ4n) is 0.981. The minimum absolute atomic E-state index is 0.885. The first kappa shape index (κ1) is 9.01. The van der Waals surface area contributed by atoms with Crippen LogP contribution in [0.3, 0.4) is 0 Å². The molecule has 0 spiro atoms. The smallest absolute Gasteiger partial charge is 0.0591 e. The molecule has 0 aromatic carbocycles. The summed E-state index contributed by atoms with van der Waals surface area (Å²) in [6, 6.07) is 0. The van der Waals surface area contributed by atoms with E-state index in [4.69, 9.17) is 4.74 Å². The van der Waals surface area contributed by atoms with E-state index < -0.39 is 0 Å². The second-order valence-corrected chi connectivity index (χ2v) is 3.27. The predicted octanol–water partition coefficient (Wildman–Crippen LogP) is 1.41. The normalized spacial score (nSPS) is 17.2. The summed E-state index contributed by atoms with van der Waals surface area (Å²) >= 11 is 0. The van der Waals surface area contributed by atoms with Gasteiger partial charge in [-0.3, -0.25) is 0 Å². The molecule has 0 aromatic heterocycles. The molecule has 1 rings (SSSR count). The summed E-state index contributed by atoms with van der Waals surface area (Å²) in [4.78, 5) is 0. The second kappa shape index (κ2) is 5.56. The Morgan fingerprint density at radius 2 is 2.18 bits per heavy atom. The van der Waals surface area contributed by atoms with Crippen LogP contribution in [0, 0.1) is 5.92 Å². The van der Waals surface area contributed by atoms with E-state index in [1.54, 1.807) is 0 Å². The van der Waals surface area contributed by atoms with Crippen molar-refractivity contribution in [2.45, 2.75) is 26.2 Å². The van der Waals surface area contributed by atoms with Crippen LogP contribution in [-0.2, 0) is 4.74 Å². The fourth-order valence-corrected chi connectivity index (χ4v) is 0.981. The van der Waals surface area contributed by atoms with E-state index in [9.17, 15) is 0 Å². The molecular formula is C9H19NO. The van der Waals surface area contributed by atoms with E-state index in [0.29, 0.717) is 0 Å². The van der Waals surface area contributed by atoms with Gasteiger partial charge in [0.15, 0.2) is 0 Å². The molecular weight excluding hydrogens is 138 g/mol. The van der Waals surface area contributed by atoms with E-state index in [-0.39, 0.29) is 0 Å². The van der Waals surface area contributed by atoms with Gasteiger partial charge in [0.2, 0.25) is 0 Å². The Morgan fingerprint density at radius 3 is 2.82 bits per heavy atom. The van der Waals surface area contributed by atoms with Crippen LogP contribution in [-0.4, -0.2) is 26.3 Å². The van der Waals surface area contributed by atoms with Crippen molar-refractivity contribution < 1.29 is 4.74 Å². The summed E-state index contributed by atoms with van der Waals surface area (Å²) in [5.41, 5.74) is 0. The highest BCUT2D eigenvalue weighted by Crippen LogP contribution is 2.28. The van der Waals surface area contributed by atoms with Crippen molar-refractivity contribution in [3.05, 3.63) is 0 Å². The molecule has 0 atom stereocenters. The van der Waals surface area contributed by atoms with Gasteiger partial charge in [-0.25, -0.2) is 0 Å². The highest BCUT2D eigenvalue weighted by Gasteiger charge is 2.20. The highest BCUT2D eigenvalue weighted by molar-refractivity contribution is 4.71. The standard InChI is InChI=1S/C9H19NO/c1-2-5-10-6-7-11-8-9-3-4-9/h9-10H,2-8H2,1H3. The Kier molecular flexibility index (Phi) is 4.55. The maximum absolute atomic E-state index is 5.44. The first-order valence-electron chi connectivity index (χ1n) is 4.72. The first-order valence-corrected chi connectivity index (χ1v) is 4.72. The van der Waals surface area contributed by atoms with Crippen LogP contribution in [0.2, 0.25) is 0 Å². The third-order valence-electron chi connectivity index (χ3n) is 1.90. The molecule has 11 heavy (non-hydrogen) atoms. The molecule has 0 amide bonds. The Hall–Kier alpha value is -0.0800. The zero-order valence-electron chi connectivity index (χ0n) is 7.44. The molecule has 1 fully saturated rings. The van der Waals surface area contributed by atoms with Crippen molar-refractivity contribution in [3.8, 4) is 0 Å². The Morgan fingerprint density at radius 1 is 1.36 bits per heavy atom. The highest BCUT2D eigenvalue weighted by atomic mass is 16.5. The molecule has 1 aliphatic rings. The van der Waals surface area contributed by atoms with Gasteiger partial charge < -0.3 is 10.1 Å². The lowest BCUT2D eigenvalue weighted by Gasteiger charge is -2.03. The van der Waals surface area contributed by atoms with Crippen LogP contribution < -0.4 is 5.32 Å². The molecule has 0 unspecified atom stereocenters. The number of hydrogen-bond donors (Lipinski definition) is 1. The summed E-state index contributed by atoms with van der Waals surface area (Å²) in [5, 5.41) is 3.30. The average Bonchev–Trinajstić information content (AvgIpc) is 2.80. The van der Waals surface area contributed by atoms with E-state index in [0.717, 1.165) is 32.2 Å². The molecule has 1 N–H and O–H groups in total. The molecule has 1 aliphatic carbocycles. The molecule has 0 aromatic rings. The third-order valence-corrected chi connectivity index (χ3v) is 1.90. The largest absolute Gasteiger partial charge is 0.380 e. The van der Waals surface area contributed by atoms with Crippen LogP contribution in [0.1, 0.15) is 26.2 Å². The van der Waals surface area contributed by atoms with E-state index in [1.807, 2.05) is 0 Å². The second-order valence-electron chi connectivity index (χ2n) is 3.27. The van der Waals surface area contributed by atoms with Crippen molar-refractivity contribution in [1.82, 2.24) is 5.32 Å². The van der Waals surface area contributed by atoms with Crippen LogP contribution in [0.4, 0.5) is 0 Å².